The van der Waals surface area contributed by atoms with Crippen molar-refractivity contribution in [2.45, 2.75) is 6.92 Å². The van der Waals surface area contributed by atoms with E-state index in [1.54, 1.807) is 0 Å². The zero-order valence-electron chi connectivity index (χ0n) is 8.88. The van der Waals surface area contributed by atoms with Gasteiger partial charge in [-0.1, -0.05) is 0 Å². The maximum absolute atomic E-state index is 11.5. The molecule has 7 nitrogen and oxygen atoms in total. The second kappa shape index (κ2) is 4.36. The largest absolute Gasteiger partial charge is 0.478 e. The van der Waals surface area contributed by atoms with Crippen molar-refractivity contribution in [3.63, 3.8) is 0 Å². The Labute approximate surface area is 97.1 Å². The van der Waals surface area contributed by atoms with E-state index in [9.17, 15) is 13.2 Å². The van der Waals surface area contributed by atoms with Gasteiger partial charge < -0.3 is 5.11 Å². The van der Waals surface area contributed by atoms with Gasteiger partial charge in [0, 0.05) is 14.1 Å². The molecule has 0 fully saturated rings. The van der Waals surface area contributed by atoms with E-state index in [1.165, 1.54) is 21.0 Å². The van der Waals surface area contributed by atoms with Gasteiger partial charge >= 0.3 is 16.2 Å². The summed E-state index contributed by atoms with van der Waals surface area (Å²) in [5.41, 5.74) is 0.206. The van der Waals surface area contributed by atoms with Gasteiger partial charge in [-0.2, -0.15) is 12.8 Å². The topological polar surface area (TPSA) is 99.6 Å². The molecule has 1 aromatic heterocycles. The maximum Gasteiger partial charge on any atom is 0.340 e. The predicted molar refractivity (Wildman–Crippen MR) is 60.2 cm³/mol. The summed E-state index contributed by atoms with van der Waals surface area (Å²) >= 11 is 0.831. The van der Waals surface area contributed by atoms with Crippen molar-refractivity contribution in [2.75, 3.05) is 18.4 Å². The van der Waals surface area contributed by atoms with E-state index in [0.29, 0.717) is 5.69 Å². The Morgan fingerprint density at radius 2 is 2.12 bits per heavy atom. The molecule has 0 aliphatic carbocycles. The summed E-state index contributed by atoms with van der Waals surface area (Å²) < 4.78 is 29.8. The van der Waals surface area contributed by atoms with E-state index in [-0.39, 0.29) is 10.6 Å². The number of nitrogens with one attached hydrogen (secondary N) is 1. The van der Waals surface area contributed by atoms with Gasteiger partial charge in [0.1, 0.15) is 10.6 Å². The first-order chi connectivity index (χ1) is 7.31. The third-order valence-corrected chi connectivity index (χ3v) is 4.51. The van der Waals surface area contributed by atoms with Gasteiger partial charge in [0.2, 0.25) is 0 Å². The molecule has 0 saturated heterocycles. The van der Waals surface area contributed by atoms with Gasteiger partial charge in [-0.15, -0.1) is 0 Å². The minimum absolute atomic E-state index is 0.0827. The third kappa shape index (κ3) is 2.15. The van der Waals surface area contributed by atoms with E-state index < -0.39 is 16.2 Å². The van der Waals surface area contributed by atoms with Crippen LogP contribution in [0.1, 0.15) is 16.1 Å². The normalized spacial score (nSPS) is 11.4. The standard InChI is InChI=1S/C7H11N3O4S2/c1-4-5(7(11)12)6(15-9-4)10(3)16(13,14)8-2/h8H,1-3H3,(H,11,12). The quantitative estimate of drug-likeness (QED) is 0.801. The van der Waals surface area contributed by atoms with Gasteiger partial charge in [0.15, 0.2) is 0 Å². The van der Waals surface area contributed by atoms with Crippen LogP contribution >= 0.6 is 11.5 Å². The molecule has 90 valence electrons. The monoisotopic (exact) mass is 265 g/mol. The van der Waals surface area contributed by atoms with Gasteiger partial charge in [-0.05, 0) is 18.5 Å². The lowest BCUT2D eigenvalue weighted by Gasteiger charge is -2.16. The zero-order chi connectivity index (χ0) is 12.5. The van der Waals surface area contributed by atoms with Gasteiger partial charge in [-0.25, -0.2) is 13.8 Å². The highest BCUT2D eigenvalue weighted by atomic mass is 32.2. The van der Waals surface area contributed by atoms with Crippen molar-refractivity contribution in [3.8, 4) is 0 Å². The number of aromatic carboxylic acids is 1. The fourth-order valence-electron chi connectivity index (χ4n) is 1.06. The first-order valence-electron chi connectivity index (χ1n) is 4.18. The molecule has 2 N–H and O–H groups in total. The summed E-state index contributed by atoms with van der Waals surface area (Å²) in [4.78, 5) is 10.9. The second-order valence-electron chi connectivity index (χ2n) is 2.93. The molecular formula is C7H11N3O4S2. The Balaban J connectivity index is 3.30. The smallest absolute Gasteiger partial charge is 0.340 e. The molecule has 0 bridgehead atoms. The summed E-state index contributed by atoms with van der Waals surface area (Å²) in [6, 6.07) is 0. The fraction of sp³-hybridized carbons (Fsp3) is 0.429. The molecule has 0 unspecified atom stereocenters. The number of hydrogen-bond acceptors (Lipinski definition) is 5. The summed E-state index contributed by atoms with van der Waals surface area (Å²) in [5, 5.41) is 9.03. The highest BCUT2D eigenvalue weighted by Gasteiger charge is 2.26. The van der Waals surface area contributed by atoms with Crippen LogP contribution in [0.5, 0.6) is 0 Å². The Morgan fingerprint density at radius 1 is 1.56 bits per heavy atom. The number of anilines is 1. The lowest BCUT2D eigenvalue weighted by atomic mass is 10.2. The van der Waals surface area contributed by atoms with E-state index >= 15 is 0 Å². The third-order valence-electron chi connectivity index (χ3n) is 1.96. The van der Waals surface area contributed by atoms with Crippen LogP contribution in [-0.4, -0.2) is 38.0 Å². The molecule has 0 atom stereocenters. The molecular weight excluding hydrogens is 254 g/mol. The van der Waals surface area contributed by atoms with Gasteiger partial charge in [0.05, 0.1) is 5.69 Å². The number of aromatic nitrogens is 1. The molecule has 0 radical (unpaired) electrons. The lowest BCUT2D eigenvalue weighted by Crippen LogP contribution is -2.36. The molecule has 16 heavy (non-hydrogen) atoms. The molecule has 0 aliphatic heterocycles. The summed E-state index contributed by atoms with van der Waals surface area (Å²) in [5.74, 6) is -1.19. The van der Waals surface area contributed by atoms with Crippen LogP contribution in [0, 0.1) is 6.92 Å². The van der Waals surface area contributed by atoms with Crippen molar-refractivity contribution in [3.05, 3.63) is 11.3 Å². The molecule has 0 amide bonds. The van der Waals surface area contributed by atoms with Crippen molar-refractivity contribution in [1.29, 1.82) is 0 Å². The Morgan fingerprint density at radius 3 is 2.56 bits per heavy atom. The molecule has 0 spiro atoms. The van der Waals surface area contributed by atoms with Gasteiger partial charge in [0.25, 0.3) is 0 Å². The number of aryl methyl sites for hydroxylation is 1. The fourth-order valence-corrected chi connectivity index (χ4v) is 2.80. The van der Waals surface area contributed by atoms with Crippen LogP contribution in [-0.2, 0) is 10.2 Å². The molecule has 1 rings (SSSR count). The van der Waals surface area contributed by atoms with Crippen molar-refractivity contribution >= 4 is 32.7 Å². The molecule has 0 aromatic carbocycles. The average Bonchev–Trinajstić information content (AvgIpc) is 2.58. The predicted octanol–water partition coefficient (Wildman–Crippen LogP) is 0.0501. The second-order valence-corrected chi connectivity index (χ2v) is 5.59. The van der Waals surface area contributed by atoms with Crippen molar-refractivity contribution < 1.29 is 18.3 Å². The van der Waals surface area contributed by atoms with E-state index in [4.69, 9.17) is 5.11 Å². The number of rotatable bonds is 4. The summed E-state index contributed by atoms with van der Waals surface area (Å²) in [6.07, 6.45) is 0. The van der Waals surface area contributed by atoms with E-state index in [0.717, 1.165) is 15.8 Å². The number of nitrogens with zero attached hydrogens (tertiary/aromatic N) is 2. The highest BCUT2D eigenvalue weighted by Crippen LogP contribution is 2.28. The van der Waals surface area contributed by atoms with Crippen LogP contribution in [0.15, 0.2) is 0 Å². The Kier molecular flexibility index (Phi) is 3.51. The van der Waals surface area contributed by atoms with Crippen molar-refractivity contribution in [1.82, 2.24) is 9.10 Å². The first kappa shape index (κ1) is 12.9. The number of carboxylic acids is 1. The molecule has 1 aromatic rings. The molecule has 0 aliphatic rings. The number of carbonyl (C=O) groups is 1. The lowest BCUT2D eigenvalue weighted by molar-refractivity contribution is 0.0697. The van der Waals surface area contributed by atoms with Crippen LogP contribution in [0.2, 0.25) is 0 Å². The molecule has 1 heterocycles. The van der Waals surface area contributed by atoms with Crippen LogP contribution in [0.25, 0.3) is 0 Å². The SMILES string of the molecule is CNS(=O)(=O)N(C)c1snc(C)c1C(=O)O. The highest BCUT2D eigenvalue weighted by molar-refractivity contribution is 7.91. The molecule has 0 saturated carbocycles. The number of hydrogen-bond donors (Lipinski definition) is 2. The maximum atomic E-state index is 11.5. The van der Waals surface area contributed by atoms with Gasteiger partial charge in [-0.3, -0.25) is 0 Å². The minimum Gasteiger partial charge on any atom is -0.478 e. The van der Waals surface area contributed by atoms with Crippen LogP contribution < -0.4 is 9.03 Å². The van der Waals surface area contributed by atoms with Crippen LogP contribution in [0.3, 0.4) is 0 Å². The summed E-state index contributed by atoms with van der Waals surface area (Å²) in [6.45, 7) is 1.52. The van der Waals surface area contributed by atoms with Crippen molar-refractivity contribution in [2.24, 2.45) is 0 Å². The van der Waals surface area contributed by atoms with E-state index in [2.05, 4.69) is 9.10 Å². The zero-order valence-corrected chi connectivity index (χ0v) is 10.5. The van der Waals surface area contributed by atoms with Crippen LogP contribution in [0.4, 0.5) is 5.00 Å². The number of carboxylic acid groups (broad SMARTS) is 1. The van der Waals surface area contributed by atoms with E-state index in [1.807, 2.05) is 0 Å². The minimum atomic E-state index is -3.70. The first-order valence-corrected chi connectivity index (χ1v) is 6.39. The Bertz CT molecular complexity index is 508. The molecule has 9 heteroatoms. The Hall–Kier alpha value is -1.19. The average molecular weight is 265 g/mol. The summed E-state index contributed by atoms with van der Waals surface area (Å²) in [7, 11) is -1.18.